The Morgan fingerprint density at radius 1 is 1.42 bits per heavy atom. The van der Waals surface area contributed by atoms with Crippen LogP contribution in [0, 0.1) is 18.3 Å². The monoisotopic (exact) mass is 318 g/mol. The van der Waals surface area contributed by atoms with E-state index >= 15 is 0 Å². The molecule has 0 saturated heterocycles. The second-order valence-corrected chi connectivity index (χ2v) is 5.57. The molecule has 0 spiro atoms. The van der Waals surface area contributed by atoms with Gasteiger partial charge in [0.25, 0.3) is 0 Å². The second-order valence-electron chi connectivity index (χ2n) is 4.66. The lowest BCUT2D eigenvalue weighted by Crippen LogP contribution is -2.15. The fourth-order valence-corrected chi connectivity index (χ4v) is 2.33. The largest absolute Gasteiger partial charge is 0.304 e. The molecule has 0 amide bonds. The molecule has 0 radical (unpaired) electrons. The molecule has 5 heteroatoms. The van der Waals surface area contributed by atoms with Crippen LogP contribution in [-0.4, -0.2) is 28.5 Å². The summed E-state index contributed by atoms with van der Waals surface area (Å²) < 4.78 is 2.89. The number of aromatic nitrogens is 2. The molecule has 0 atom stereocenters. The highest BCUT2D eigenvalue weighted by molar-refractivity contribution is 9.10. The van der Waals surface area contributed by atoms with Crippen LogP contribution in [0.3, 0.4) is 0 Å². The van der Waals surface area contributed by atoms with Gasteiger partial charge in [0.05, 0.1) is 29.0 Å². The van der Waals surface area contributed by atoms with Crippen LogP contribution in [0.5, 0.6) is 0 Å². The Morgan fingerprint density at radius 2 is 2.16 bits per heavy atom. The summed E-state index contributed by atoms with van der Waals surface area (Å²) in [6.45, 7) is 2.77. The number of hydrogen-bond donors (Lipinski definition) is 0. The van der Waals surface area contributed by atoms with Crippen molar-refractivity contribution in [2.45, 2.75) is 13.5 Å². The molecule has 0 bridgehead atoms. The number of benzene rings is 1. The lowest BCUT2D eigenvalue weighted by molar-refractivity contribution is 0.393. The average molecular weight is 319 g/mol. The Kier molecular flexibility index (Phi) is 4.03. The van der Waals surface area contributed by atoms with E-state index in [1.807, 2.05) is 43.8 Å². The van der Waals surface area contributed by atoms with Gasteiger partial charge in [0.15, 0.2) is 0 Å². The summed E-state index contributed by atoms with van der Waals surface area (Å²) in [5, 5.41) is 9.27. The number of nitriles is 1. The zero-order valence-electron chi connectivity index (χ0n) is 11.2. The van der Waals surface area contributed by atoms with E-state index in [4.69, 9.17) is 0 Å². The minimum absolute atomic E-state index is 0.631. The number of rotatable bonds is 3. The molecule has 1 heterocycles. The highest BCUT2D eigenvalue weighted by atomic mass is 79.9. The van der Waals surface area contributed by atoms with Gasteiger partial charge in [-0.05, 0) is 39.2 Å². The number of imidazole rings is 1. The van der Waals surface area contributed by atoms with Crippen LogP contribution in [-0.2, 0) is 6.54 Å². The van der Waals surface area contributed by atoms with Crippen molar-refractivity contribution in [3.8, 4) is 11.8 Å². The molecule has 98 valence electrons. The van der Waals surface area contributed by atoms with Crippen molar-refractivity contribution in [3.63, 3.8) is 0 Å². The Morgan fingerprint density at radius 3 is 2.79 bits per heavy atom. The normalized spacial score (nSPS) is 10.7. The van der Waals surface area contributed by atoms with Gasteiger partial charge in [-0.2, -0.15) is 5.26 Å². The molecule has 0 unspecified atom stereocenters. The minimum Gasteiger partial charge on any atom is -0.304 e. The van der Waals surface area contributed by atoms with E-state index in [9.17, 15) is 5.26 Å². The molecule has 0 aliphatic rings. The Labute approximate surface area is 121 Å². The SMILES string of the molecule is Cc1ncn(-c2ccc(Br)cc2C#N)c1CN(C)C. The van der Waals surface area contributed by atoms with Crippen molar-refractivity contribution in [1.82, 2.24) is 14.5 Å². The van der Waals surface area contributed by atoms with Crippen LogP contribution in [0.1, 0.15) is 17.0 Å². The minimum atomic E-state index is 0.631. The van der Waals surface area contributed by atoms with Crippen LogP contribution in [0.15, 0.2) is 29.0 Å². The first-order valence-electron chi connectivity index (χ1n) is 5.90. The predicted molar refractivity (Wildman–Crippen MR) is 78.1 cm³/mol. The summed E-state index contributed by atoms with van der Waals surface area (Å²) in [7, 11) is 4.03. The first-order valence-corrected chi connectivity index (χ1v) is 6.70. The zero-order valence-corrected chi connectivity index (χ0v) is 12.8. The standard InChI is InChI=1S/C14H15BrN4/c1-10-14(8-18(2)3)19(9-17-10)13-5-4-12(15)6-11(13)7-16/h4-6,9H,8H2,1-3H3. The van der Waals surface area contributed by atoms with Gasteiger partial charge in [0, 0.05) is 11.0 Å². The maximum absolute atomic E-state index is 9.27. The highest BCUT2D eigenvalue weighted by Gasteiger charge is 2.13. The molecule has 0 N–H and O–H groups in total. The molecule has 0 aliphatic carbocycles. The molecular formula is C14H15BrN4. The molecule has 0 saturated carbocycles. The summed E-state index contributed by atoms with van der Waals surface area (Å²) in [5.74, 6) is 0. The molecular weight excluding hydrogens is 304 g/mol. The lowest BCUT2D eigenvalue weighted by Gasteiger charge is -2.14. The van der Waals surface area contributed by atoms with E-state index in [-0.39, 0.29) is 0 Å². The maximum atomic E-state index is 9.27. The molecule has 19 heavy (non-hydrogen) atoms. The molecule has 2 aromatic rings. The van der Waals surface area contributed by atoms with Gasteiger partial charge in [-0.1, -0.05) is 15.9 Å². The maximum Gasteiger partial charge on any atom is 0.101 e. The highest BCUT2D eigenvalue weighted by Crippen LogP contribution is 2.22. The summed E-state index contributed by atoms with van der Waals surface area (Å²) >= 11 is 3.39. The van der Waals surface area contributed by atoms with Crippen molar-refractivity contribution >= 4 is 15.9 Å². The van der Waals surface area contributed by atoms with Crippen LogP contribution in [0.25, 0.3) is 5.69 Å². The molecule has 0 aliphatic heterocycles. The molecule has 2 rings (SSSR count). The van der Waals surface area contributed by atoms with Crippen LogP contribution >= 0.6 is 15.9 Å². The fraction of sp³-hybridized carbons (Fsp3) is 0.286. The van der Waals surface area contributed by atoms with Crippen molar-refractivity contribution in [3.05, 3.63) is 46.0 Å². The third kappa shape index (κ3) is 2.86. The van der Waals surface area contributed by atoms with Gasteiger partial charge >= 0.3 is 0 Å². The van der Waals surface area contributed by atoms with Crippen LogP contribution in [0.4, 0.5) is 0 Å². The fourth-order valence-electron chi connectivity index (χ4n) is 1.97. The molecule has 4 nitrogen and oxygen atoms in total. The topological polar surface area (TPSA) is 44.9 Å². The Bertz CT molecular complexity index is 637. The molecule has 1 aromatic carbocycles. The predicted octanol–water partition coefficient (Wildman–Crippen LogP) is 2.88. The van der Waals surface area contributed by atoms with E-state index in [0.717, 1.165) is 28.1 Å². The third-order valence-electron chi connectivity index (χ3n) is 2.88. The second kappa shape index (κ2) is 5.55. The van der Waals surface area contributed by atoms with E-state index in [0.29, 0.717) is 5.56 Å². The van der Waals surface area contributed by atoms with E-state index in [2.05, 4.69) is 31.9 Å². The average Bonchev–Trinajstić information content (AvgIpc) is 2.70. The number of hydrogen-bond acceptors (Lipinski definition) is 3. The van der Waals surface area contributed by atoms with Gasteiger partial charge in [0.1, 0.15) is 6.07 Å². The zero-order chi connectivity index (χ0) is 14.0. The van der Waals surface area contributed by atoms with Crippen molar-refractivity contribution in [2.24, 2.45) is 0 Å². The van der Waals surface area contributed by atoms with E-state index in [1.165, 1.54) is 0 Å². The number of aryl methyl sites for hydroxylation is 1. The van der Waals surface area contributed by atoms with Crippen molar-refractivity contribution in [2.75, 3.05) is 14.1 Å². The van der Waals surface area contributed by atoms with Crippen LogP contribution in [0.2, 0.25) is 0 Å². The number of nitrogens with zero attached hydrogens (tertiary/aromatic N) is 4. The first-order chi connectivity index (χ1) is 9.02. The van der Waals surface area contributed by atoms with Gasteiger partial charge in [-0.3, -0.25) is 0 Å². The van der Waals surface area contributed by atoms with Crippen LogP contribution < -0.4 is 0 Å². The summed E-state index contributed by atoms with van der Waals surface area (Å²) in [4.78, 5) is 6.45. The van der Waals surface area contributed by atoms with Crippen molar-refractivity contribution < 1.29 is 0 Å². The van der Waals surface area contributed by atoms with Gasteiger partial charge < -0.3 is 9.47 Å². The quantitative estimate of drug-likeness (QED) is 0.874. The molecule has 0 fully saturated rings. The summed E-state index contributed by atoms with van der Waals surface area (Å²) in [6, 6.07) is 7.92. The Balaban J connectivity index is 2.57. The Hall–Kier alpha value is -1.64. The van der Waals surface area contributed by atoms with Crippen molar-refractivity contribution in [1.29, 1.82) is 5.26 Å². The first kappa shape index (κ1) is 13.8. The van der Waals surface area contributed by atoms with Gasteiger partial charge in [0.2, 0.25) is 0 Å². The molecule has 1 aromatic heterocycles. The summed E-state index contributed by atoms with van der Waals surface area (Å²) in [5.41, 5.74) is 3.58. The smallest absolute Gasteiger partial charge is 0.101 e. The van der Waals surface area contributed by atoms with Gasteiger partial charge in [-0.25, -0.2) is 4.98 Å². The van der Waals surface area contributed by atoms with Gasteiger partial charge in [-0.15, -0.1) is 0 Å². The van der Waals surface area contributed by atoms with E-state index < -0.39 is 0 Å². The summed E-state index contributed by atoms with van der Waals surface area (Å²) in [6.07, 6.45) is 1.78. The number of halogens is 1. The third-order valence-corrected chi connectivity index (χ3v) is 3.37. The lowest BCUT2D eigenvalue weighted by atomic mass is 10.2. The van der Waals surface area contributed by atoms with E-state index in [1.54, 1.807) is 6.33 Å².